The van der Waals surface area contributed by atoms with Crippen molar-refractivity contribution in [2.75, 3.05) is 5.32 Å². The number of carboxylic acid groups (broad SMARTS) is 2. The third-order valence-electron chi connectivity index (χ3n) is 8.80. The third kappa shape index (κ3) is 4.71. The summed E-state index contributed by atoms with van der Waals surface area (Å²) >= 11 is 0. The van der Waals surface area contributed by atoms with Crippen molar-refractivity contribution in [1.29, 1.82) is 0 Å². The number of rotatable bonds is 8. The number of benzene rings is 2. The zero-order chi connectivity index (χ0) is 26.4. The molecular weight excluding hydrogens is 482 g/mol. The Morgan fingerprint density at radius 2 is 1.47 bits per heavy atom. The van der Waals surface area contributed by atoms with Crippen molar-refractivity contribution in [3.05, 3.63) is 71.0 Å². The van der Waals surface area contributed by atoms with Crippen LogP contribution in [0.2, 0.25) is 0 Å². The molecule has 1 amide bonds. The molecule has 4 N–H and O–H groups in total. The van der Waals surface area contributed by atoms with Gasteiger partial charge in [0.15, 0.2) is 0 Å². The summed E-state index contributed by atoms with van der Waals surface area (Å²) in [6.07, 6.45) is 9.67. The van der Waals surface area contributed by atoms with Gasteiger partial charge in [-0.05, 0) is 92.7 Å². The monoisotopic (exact) mass is 513 g/mol. The molecule has 7 rings (SSSR count). The van der Waals surface area contributed by atoms with Crippen LogP contribution in [-0.2, 0) is 6.42 Å². The van der Waals surface area contributed by atoms with Gasteiger partial charge in [0.25, 0.3) is 5.91 Å². The maximum Gasteiger partial charge on any atom is 0.335 e. The van der Waals surface area contributed by atoms with Crippen molar-refractivity contribution < 1.29 is 24.6 Å². The van der Waals surface area contributed by atoms with Crippen LogP contribution >= 0.6 is 0 Å². The lowest BCUT2D eigenvalue weighted by atomic mass is 9.48. The fourth-order valence-electron chi connectivity index (χ4n) is 7.63. The minimum absolute atomic E-state index is 0.101. The average Bonchev–Trinajstić information content (AvgIpc) is 3.32. The van der Waals surface area contributed by atoms with E-state index in [-0.39, 0.29) is 22.5 Å². The summed E-state index contributed by atoms with van der Waals surface area (Å²) < 4.78 is 0. The van der Waals surface area contributed by atoms with Crippen LogP contribution in [0, 0.1) is 23.2 Å². The lowest BCUT2D eigenvalue weighted by Gasteiger charge is -2.57. The fourth-order valence-corrected chi connectivity index (χ4v) is 7.63. The van der Waals surface area contributed by atoms with Gasteiger partial charge in [0.2, 0.25) is 0 Å². The number of aromatic nitrogens is 2. The summed E-state index contributed by atoms with van der Waals surface area (Å²) in [5.74, 6) is 0.0865. The predicted molar refractivity (Wildman–Crippen MR) is 141 cm³/mol. The molecule has 0 aliphatic heterocycles. The molecule has 0 saturated heterocycles. The van der Waals surface area contributed by atoms with Crippen LogP contribution in [0.1, 0.15) is 81.8 Å². The molecular formula is C30H31N3O5. The molecule has 0 spiro atoms. The molecule has 1 aromatic heterocycles. The first-order valence-electron chi connectivity index (χ1n) is 13.3. The first-order chi connectivity index (χ1) is 18.3. The summed E-state index contributed by atoms with van der Waals surface area (Å²) in [5, 5.41) is 21.5. The molecule has 8 heteroatoms. The summed E-state index contributed by atoms with van der Waals surface area (Å²) in [6, 6.07) is 13.2. The minimum Gasteiger partial charge on any atom is -0.478 e. The topological polar surface area (TPSA) is 132 Å². The van der Waals surface area contributed by atoms with Gasteiger partial charge in [0, 0.05) is 16.9 Å². The molecule has 0 unspecified atom stereocenters. The van der Waals surface area contributed by atoms with Crippen LogP contribution in [-0.4, -0.2) is 38.0 Å². The number of amides is 1. The van der Waals surface area contributed by atoms with Crippen LogP contribution in [0.3, 0.4) is 0 Å². The van der Waals surface area contributed by atoms with Gasteiger partial charge < -0.3 is 20.5 Å². The predicted octanol–water partition coefficient (Wildman–Crippen LogP) is 5.87. The number of aromatic amines is 1. The van der Waals surface area contributed by atoms with E-state index in [4.69, 9.17) is 0 Å². The van der Waals surface area contributed by atoms with Crippen LogP contribution < -0.4 is 5.32 Å². The van der Waals surface area contributed by atoms with Crippen molar-refractivity contribution in [3.8, 4) is 11.4 Å². The second-order valence-electron chi connectivity index (χ2n) is 11.6. The third-order valence-corrected chi connectivity index (χ3v) is 8.80. The molecule has 4 aliphatic carbocycles. The average molecular weight is 514 g/mol. The number of aromatic carboxylic acids is 2. The first-order valence-corrected chi connectivity index (χ1v) is 13.3. The Morgan fingerprint density at radius 1 is 0.895 bits per heavy atom. The van der Waals surface area contributed by atoms with E-state index < -0.39 is 17.8 Å². The van der Waals surface area contributed by atoms with E-state index in [1.165, 1.54) is 50.7 Å². The lowest BCUT2D eigenvalue weighted by Crippen LogP contribution is -2.46. The number of hydrogen-bond donors (Lipinski definition) is 4. The van der Waals surface area contributed by atoms with Crippen molar-refractivity contribution in [3.63, 3.8) is 0 Å². The maximum absolute atomic E-state index is 13.5. The Balaban J connectivity index is 1.29. The standard InChI is InChI=1S/C30H31N3O5/c34-27(31-23-12-21(28(35)36)11-22(13-23)29(37)38)25-24(32-26(33-25)20-4-2-1-3-5-20)6-7-30-14-17-8-18(15-30)10-19(9-17)16-30/h1-5,11-13,17-19H,6-10,14-16H2,(H,31,34)(H,32,33)(H,35,36)(H,37,38). The highest BCUT2D eigenvalue weighted by molar-refractivity contribution is 6.05. The normalized spacial score (nSPS) is 25.3. The van der Waals surface area contributed by atoms with Gasteiger partial charge in [-0.2, -0.15) is 0 Å². The minimum atomic E-state index is -1.27. The van der Waals surface area contributed by atoms with Gasteiger partial charge in [0.1, 0.15) is 11.5 Å². The number of nitrogens with zero attached hydrogens (tertiary/aromatic N) is 1. The van der Waals surface area contributed by atoms with E-state index in [0.29, 0.717) is 17.7 Å². The van der Waals surface area contributed by atoms with Crippen LogP contribution in [0.5, 0.6) is 0 Å². The molecule has 4 fully saturated rings. The molecule has 1 heterocycles. The number of carbonyl (C=O) groups is 3. The number of carboxylic acids is 2. The quantitative estimate of drug-likeness (QED) is 0.298. The van der Waals surface area contributed by atoms with E-state index in [1.807, 2.05) is 30.3 Å². The van der Waals surface area contributed by atoms with Gasteiger partial charge in [-0.1, -0.05) is 30.3 Å². The van der Waals surface area contributed by atoms with E-state index in [0.717, 1.165) is 41.5 Å². The number of anilines is 1. The zero-order valence-corrected chi connectivity index (χ0v) is 21.1. The largest absolute Gasteiger partial charge is 0.478 e. The summed E-state index contributed by atoms with van der Waals surface area (Å²) in [4.78, 5) is 44.6. The smallest absolute Gasteiger partial charge is 0.335 e. The van der Waals surface area contributed by atoms with E-state index >= 15 is 0 Å². The Labute approximate surface area is 220 Å². The van der Waals surface area contributed by atoms with Crippen molar-refractivity contribution in [2.45, 2.75) is 51.4 Å². The van der Waals surface area contributed by atoms with Crippen molar-refractivity contribution >= 4 is 23.5 Å². The van der Waals surface area contributed by atoms with Gasteiger partial charge in [-0.15, -0.1) is 0 Å². The second kappa shape index (κ2) is 9.42. The maximum atomic E-state index is 13.5. The SMILES string of the molecule is O=C(O)c1cc(NC(=O)c2nc(-c3ccccc3)[nH]c2CCC23CC4CC(CC(C4)C2)C3)cc(C(=O)O)c1. The van der Waals surface area contributed by atoms with Crippen LogP contribution in [0.25, 0.3) is 11.4 Å². The number of hydrogen-bond acceptors (Lipinski definition) is 4. The number of aryl methyl sites for hydroxylation is 1. The van der Waals surface area contributed by atoms with Crippen molar-refractivity contribution in [2.24, 2.45) is 23.2 Å². The molecule has 0 atom stereocenters. The molecule has 4 saturated carbocycles. The summed E-state index contributed by atoms with van der Waals surface area (Å²) in [5.41, 5.74) is 1.89. The molecule has 38 heavy (non-hydrogen) atoms. The molecule has 2 aromatic carbocycles. The summed E-state index contributed by atoms with van der Waals surface area (Å²) in [6.45, 7) is 0. The van der Waals surface area contributed by atoms with Gasteiger partial charge >= 0.3 is 11.9 Å². The molecule has 8 nitrogen and oxygen atoms in total. The van der Waals surface area contributed by atoms with Crippen molar-refractivity contribution in [1.82, 2.24) is 9.97 Å². The Hall–Kier alpha value is -3.94. The Bertz CT molecular complexity index is 1340. The van der Waals surface area contributed by atoms with Crippen LogP contribution in [0.15, 0.2) is 48.5 Å². The highest BCUT2D eigenvalue weighted by Crippen LogP contribution is 2.61. The zero-order valence-electron chi connectivity index (χ0n) is 21.1. The van der Waals surface area contributed by atoms with Gasteiger partial charge in [-0.3, -0.25) is 4.79 Å². The van der Waals surface area contributed by atoms with Gasteiger partial charge in [0.05, 0.1) is 11.1 Å². The lowest BCUT2D eigenvalue weighted by molar-refractivity contribution is -0.0570. The molecule has 4 bridgehead atoms. The highest BCUT2D eigenvalue weighted by Gasteiger charge is 2.50. The molecule has 196 valence electrons. The molecule has 0 radical (unpaired) electrons. The highest BCUT2D eigenvalue weighted by atomic mass is 16.4. The van der Waals surface area contributed by atoms with E-state index in [9.17, 15) is 24.6 Å². The van der Waals surface area contributed by atoms with E-state index in [1.54, 1.807) is 0 Å². The van der Waals surface area contributed by atoms with Gasteiger partial charge in [-0.25, -0.2) is 14.6 Å². The Morgan fingerprint density at radius 3 is 2.03 bits per heavy atom. The second-order valence-corrected chi connectivity index (χ2v) is 11.6. The summed E-state index contributed by atoms with van der Waals surface area (Å²) in [7, 11) is 0. The molecule has 4 aliphatic rings. The van der Waals surface area contributed by atoms with Crippen LogP contribution in [0.4, 0.5) is 5.69 Å². The number of H-pyrrole nitrogens is 1. The number of carbonyl (C=O) groups excluding carboxylic acids is 1. The fraction of sp³-hybridized carbons (Fsp3) is 0.400. The number of nitrogens with one attached hydrogen (secondary N) is 2. The number of imidazole rings is 1. The van der Waals surface area contributed by atoms with E-state index in [2.05, 4.69) is 15.3 Å². The molecule has 3 aromatic rings. The Kier molecular flexibility index (Phi) is 6.05. The first kappa shape index (κ1) is 24.4.